The molecule has 0 aromatic carbocycles. The molecule has 0 saturated heterocycles. The van der Waals surface area contributed by atoms with Gasteiger partial charge in [-0.2, -0.15) is 5.10 Å². The molecule has 6 nitrogen and oxygen atoms in total. The molecule has 0 fully saturated rings. The van der Waals surface area contributed by atoms with E-state index >= 15 is 0 Å². The van der Waals surface area contributed by atoms with Gasteiger partial charge in [0, 0.05) is 24.5 Å². The maximum absolute atomic E-state index is 12.2. The minimum atomic E-state index is -0.183. The summed E-state index contributed by atoms with van der Waals surface area (Å²) in [4.78, 5) is 16.5. The van der Waals surface area contributed by atoms with Crippen LogP contribution in [-0.4, -0.2) is 40.3 Å². The van der Waals surface area contributed by atoms with E-state index < -0.39 is 0 Å². The summed E-state index contributed by atoms with van der Waals surface area (Å²) in [6.07, 6.45) is 1.55. The summed E-state index contributed by atoms with van der Waals surface area (Å²) in [6, 6.07) is 1.87. The highest BCUT2D eigenvalue weighted by molar-refractivity contribution is 5.99. The number of nitrogens with one attached hydrogen (secondary N) is 1. The minimum Gasteiger partial charge on any atom is -0.383 e. The Kier molecular flexibility index (Phi) is 3.80. The number of methoxy groups -OCH3 is 1. The predicted molar refractivity (Wildman–Crippen MR) is 71.3 cm³/mol. The molecule has 19 heavy (non-hydrogen) atoms. The first-order chi connectivity index (χ1) is 9.02. The summed E-state index contributed by atoms with van der Waals surface area (Å²) >= 11 is 0. The van der Waals surface area contributed by atoms with Crippen molar-refractivity contribution in [2.45, 2.75) is 26.8 Å². The topological polar surface area (TPSA) is 68.5 Å². The molecule has 1 N–H and O–H groups in total. The number of nitrogens with zero attached hydrogens (tertiary/aromatic N) is 3. The van der Waals surface area contributed by atoms with Crippen LogP contribution in [-0.2, 0) is 4.74 Å². The molecule has 0 aliphatic carbocycles. The average molecular weight is 262 g/mol. The van der Waals surface area contributed by atoms with E-state index in [1.54, 1.807) is 17.8 Å². The van der Waals surface area contributed by atoms with Gasteiger partial charge in [-0.05, 0) is 26.8 Å². The van der Waals surface area contributed by atoms with E-state index in [0.29, 0.717) is 17.8 Å². The van der Waals surface area contributed by atoms with Gasteiger partial charge in [-0.1, -0.05) is 0 Å². The molecule has 1 atom stereocenters. The normalized spacial score (nSPS) is 12.6. The Labute approximate surface area is 111 Å². The monoisotopic (exact) mass is 262 g/mol. The van der Waals surface area contributed by atoms with Gasteiger partial charge in [-0.3, -0.25) is 4.79 Å². The van der Waals surface area contributed by atoms with Crippen LogP contribution in [0.25, 0.3) is 5.65 Å². The molecule has 6 heteroatoms. The summed E-state index contributed by atoms with van der Waals surface area (Å²) in [5, 5.41) is 7.05. The minimum absolute atomic E-state index is 0.0571. The number of aromatic nitrogens is 3. The van der Waals surface area contributed by atoms with Gasteiger partial charge in [-0.25, -0.2) is 9.50 Å². The SMILES string of the molecule is COC[C@H](C)NC(=O)c1cnn2c(C)cc(C)nc12. The van der Waals surface area contributed by atoms with Crippen molar-refractivity contribution >= 4 is 11.6 Å². The predicted octanol–water partition coefficient (Wildman–Crippen LogP) is 1.11. The van der Waals surface area contributed by atoms with E-state index in [-0.39, 0.29) is 11.9 Å². The zero-order chi connectivity index (χ0) is 14.0. The molecule has 0 aliphatic rings. The van der Waals surface area contributed by atoms with Crippen LogP contribution in [0, 0.1) is 13.8 Å². The van der Waals surface area contributed by atoms with Crippen molar-refractivity contribution in [2.24, 2.45) is 0 Å². The quantitative estimate of drug-likeness (QED) is 0.896. The average Bonchev–Trinajstić information content (AvgIpc) is 2.72. The number of carbonyl (C=O) groups is 1. The number of hydrogen-bond donors (Lipinski definition) is 1. The summed E-state index contributed by atoms with van der Waals surface area (Å²) in [5.41, 5.74) is 2.88. The maximum atomic E-state index is 12.2. The first kappa shape index (κ1) is 13.5. The lowest BCUT2D eigenvalue weighted by atomic mass is 10.2. The zero-order valence-electron chi connectivity index (χ0n) is 11.6. The lowest BCUT2D eigenvalue weighted by Gasteiger charge is -2.11. The van der Waals surface area contributed by atoms with E-state index in [1.165, 1.54) is 0 Å². The molecule has 0 spiro atoms. The van der Waals surface area contributed by atoms with Crippen LogP contribution < -0.4 is 5.32 Å². The van der Waals surface area contributed by atoms with Crippen LogP contribution in [0.2, 0.25) is 0 Å². The van der Waals surface area contributed by atoms with Crippen molar-refractivity contribution in [2.75, 3.05) is 13.7 Å². The van der Waals surface area contributed by atoms with Crippen LogP contribution in [0.15, 0.2) is 12.3 Å². The first-order valence-corrected chi connectivity index (χ1v) is 6.14. The number of aryl methyl sites for hydroxylation is 2. The molecule has 0 radical (unpaired) electrons. The zero-order valence-corrected chi connectivity index (χ0v) is 11.6. The molecule has 0 bridgehead atoms. The molecule has 2 aromatic heterocycles. The summed E-state index contributed by atoms with van der Waals surface area (Å²) in [5.74, 6) is -0.183. The Morgan fingerprint density at radius 2 is 2.26 bits per heavy atom. The molecule has 0 aliphatic heterocycles. The van der Waals surface area contributed by atoms with Crippen LogP contribution in [0.1, 0.15) is 28.7 Å². The van der Waals surface area contributed by atoms with Gasteiger partial charge >= 0.3 is 0 Å². The fourth-order valence-corrected chi connectivity index (χ4v) is 2.02. The highest BCUT2D eigenvalue weighted by Gasteiger charge is 2.16. The van der Waals surface area contributed by atoms with Crippen LogP contribution in [0.5, 0.6) is 0 Å². The van der Waals surface area contributed by atoms with Gasteiger partial charge in [0.1, 0.15) is 5.56 Å². The second kappa shape index (κ2) is 5.36. The van der Waals surface area contributed by atoms with Gasteiger partial charge < -0.3 is 10.1 Å². The molecule has 102 valence electrons. The van der Waals surface area contributed by atoms with Crippen molar-refractivity contribution in [1.82, 2.24) is 19.9 Å². The summed E-state index contributed by atoms with van der Waals surface area (Å²) in [6.45, 7) is 6.19. The number of ether oxygens (including phenoxy) is 1. The third kappa shape index (κ3) is 2.73. The van der Waals surface area contributed by atoms with E-state index in [2.05, 4.69) is 15.4 Å². The number of rotatable bonds is 4. The Bertz CT molecular complexity index is 606. The smallest absolute Gasteiger partial charge is 0.257 e. The van der Waals surface area contributed by atoms with Crippen molar-refractivity contribution in [1.29, 1.82) is 0 Å². The fourth-order valence-electron chi connectivity index (χ4n) is 2.02. The highest BCUT2D eigenvalue weighted by atomic mass is 16.5. The van der Waals surface area contributed by atoms with Gasteiger partial charge in [0.15, 0.2) is 5.65 Å². The standard InChI is InChI=1S/C13H18N4O2/c1-8-5-10(3)17-12(15-8)11(6-14-17)13(18)16-9(2)7-19-4/h5-6,9H,7H2,1-4H3,(H,16,18)/t9-/m0/s1. The number of carbonyl (C=O) groups excluding carboxylic acids is 1. The Hall–Kier alpha value is -1.95. The van der Waals surface area contributed by atoms with Gasteiger partial charge in [0.25, 0.3) is 5.91 Å². The molecular weight excluding hydrogens is 244 g/mol. The Balaban J connectivity index is 2.32. The van der Waals surface area contributed by atoms with E-state index in [0.717, 1.165) is 11.4 Å². The second-order valence-corrected chi connectivity index (χ2v) is 4.66. The van der Waals surface area contributed by atoms with Crippen molar-refractivity contribution in [3.05, 3.63) is 29.2 Å². The summed E-state index contributed by atoms with van der Waals surface area (Å²) < 4.78 is 6.67. The van der Waals surface area contributed by atoms with Gasteiger partial charge in [0.2, 0.25) is 0 Å². The Morgan fingerprint density at radius 1 is 1.53 bits per heavy atom. The third-order valence-electron chi connectivity index (χ3n) is 2.82. The third-order valence-corrected chi connectivity index (χ3v) is 2.82. The highest BCUT2D eigenvalue weighted by Crippen LogP contribution is 2.11. The van der Waals surface area contributed by atoms with Crippen molar-refractivity contribution < 1.29 is 9.53 Å². The number of amides is 1. The van der Waals surface area contributed by atoms with E-state index in [1.807, 2.05) is 26.8 Å². The summed E-state index contributed by atoms with van der Waals surface area (Å²) in [7, 11) is 1.60. The van der Waals surface area contributed by atoms with Crippen LogP contribution in [0.3, 0.4) is 0 Å². The van der Waals surface area contributed by atoms with Crippen LogP contribution in [0.4, 0.5) is 0 Å². The molecule has 0 unspecified atom stereocenters. The molecule has 2 heterocycles. The lowest BCUT2D eigenvalue weighted by molar-refractivity contribution is 0.0907. The fraction of sp³-hybridized carbons (Fsp3) is 0.462. The largest absolute Gasteiger partial charge is 0.383 e. The van der Waals surface area contributed by atoms with E-state index in [4.69, 9.17) is 4.74 Å². The molecular formula is C13H18N4O2. The second-order valence-electron chi connectivity index (χ2n) is 4.66. The molecule has 1 amide bonds. The maximum Gasteiger partial charge on any atom is 0.257 e. The Morgan fingerprint density at radius 3 is 2.95 bits per heavy atom. The lowest BCUT2D eigenvalue weighted by Crippen LogP contribution is -2.35. The number of hydrogen-bond acceptors (Lipinski definition) is 4. The number of fused-ring (bicyclic) bond motifs is 1. The molecule has 0 saturated carbocycles. The van der Waals surface area contributed by atoms with Gasteiger partial charge in [0.05, 0.1) is 12.8 Å². The van der Waals surface area contributed by atoms with E-state index in [9.17, 15) is 4.79 Å². The van der Waals surface area contributed by atoms with Crippen molar-refractivity contribution in [3.63, 3.8) is 0 Å². The van der Waals surface area contributed by atoms with Crippen LogP contribution >= 0.6 is 0 Å². The molecule has 2 aromatic rings. The molecule has 2 rings (SSSR count). The first-order valence-electron chi connectivity index (χ1n) is 6.14. The van der Waals surface area contributed by atoms with Crippen molar-refractivity contribution in [3.8, 4) is 0 Å². The van der Waals surface area contributed by atoms with Gasteiger partial charge in [-0.15, -0.1) is 0 Å².